The summed E-state index contributed by atoms with van der Waals surface area (Å²) in [6, 6.07) is 0. The molecule has 9 heteroatoms. The summed E-state index contributed by atoms with van der Waals surface area (Å²) in [6.07, 6.45) is 1.23. The van der Waals surface area contributed by atoms with Gasteiger partial charge in [-0.05, 0) is 0 Å². The molecule has 0 aliphatic heterocycles. The van der Waals surface area contributed by atoms with Gasteiger partial charge in [-0.15, -0.1) is 0 Å². The predicted octanol–water partition coefficient (Wildman–Crippen LogP) is -2.06. The Labute approximate surface area is 106 Å². The van der Waals surface area contributed by atoms with Crippen LogP contribution in [0, 0.1) is 0 Å². The second-order valence-corrected chi connectivity index (χ2v) is 4.03. The zero-order valence-corrected chi connectivity index (χ0v) is 10.2. The van der Waals surface area contributed by atoms with E-state index in [1.54, 1.807) is 0 Å². The normalized spacial score (nSPS) is 11.1. The Morgan fingerprint density at radius 1 is 1.47 bits per heavy atom. The minimum atomic E-state index is -1.10. The molecule has 0 aromatic carbocycles. The number of carboxylic acid groups (broad SMARTS) is 1. The number of imidazole rings is 1. The van der Waals surface area contributed by atoms with E-state index in [9.17, 15) is 14.4 Å². The van der Waals surface area contributed by atoms with Crippen LogP contribution in [0.4, 0.5) is 0 Å². The molecule has 2 heterocycles. The molecule has 2 aromatic heterocycles. The van der Waals surface area contributed by atoms with Crippen molar-refractivity contribution in [2.24, 2.45) is 12.8 Å². The summed E-state index contributed by atoms with van der Waals surface area (Å²) in [5.74, 6) is -1.10. The van der Waals surface area contributed by atoms with Crippen molar-refractivity contribution in [2.45, 2.75) is 13.1 Å². The largest absolute Gasteiger partial charge is 0.480 e. The van der Waals surface area contributed by atoms with E-state index >= 15 is 0 Å². The molecule has 0 aliphatic rings. The van der Waals surface area contributed by atoms with Crippen LogP contribution in [0.25, 0.3) is 11.2 Å². The Bertz CT molecular complexity index is 754. The van der Waals surface area contributed by atoms with Gasteiger partial charge in [0, 0.05) is 20.1 Å². The van der Waals surface area contributed by atoms with E-state index in [-0.39, 0.29) is 24.3 Å². The topological polar surface area (TPSA) is 125 Å². The highest BCUT2D eigenvalue weighted by atomic mass is 16.4. The van der Waals surface area contributed by atoms with Gasteiger partial charge in [0.1, 0.15) is 6.54 Å². The van der Waals surface area contributed by atoms with Crippen molar-refractivity contribution in [1.82, 2.24) is 18.7 Å². The number of carboxylic acids is 1. The second kappa shape index (κ2) is 4.69. The third kappa shape index (κ3) is 2.03. The summed E-state index contributed by atoms with van der Waals surface area (Å²) in [5.41, 5.74) is 4.55. The molecule has 0 saturated carbocycles. The van der Waals surface area contributed by atoms with Crippen molar-refractivity contribution >= 4 is 17.1 Å². The zero-order valence-electron chi connectivity index (χ0n) is 10.2. The number of nitrogens with two attached hydrogens (primary N) is 1. The Hall–Kier alpha value is -2.42. The highest BCUT2D eigenvalue weighted by molar-refractivity contribution is 5.74. The quantitative estimate of drug-likeness (QED) is 0.656. The summed E-state index contributed by atoms with van der Waals surface area (Å²) in [7, 11) is 1.33. The van der Waals surface area contributed by atoms with Crippen molar-refractivity contribution in [3.63, 3.8) is 0 Å². The fourth-order valence-corrected chi connectivity index (χ4v) is 1.90. The molecule has 0 aliphatic carbocycles. The van der Waals surface area contributed by atoms with Crippen LogP contribution in [0.1, 0.15) is 0 Å². The molecular formula is C10H13N5O4. The van der Waals surface area contributed by atoms with Gasteiger partial charge in [-0.25, -0.2) is 9.78 Å². The van der Waals surface area contributed by atoms with Gasteiger partial charge in [-0.1, -0.05) is 0 Å². The lowest BCUT2D eigenvalue weighted by molar-refractivity contribution is -0.137. The first-order valence-corrected chi connectivity index (χ1v) is 5.54. The number of carbonyl (C=O) groups is 1. The van der Waals surface area contributed by atoms with E-state index in [1.807, 2.05) is 0 Å². The number of nitrogens with zero attached hydrogens (tertiary/aromatic N) is 4. The van der Waals surface area contributed by atoms with Crippen LogP contribution >= 0.6 is 0 Å². The van der Waals surface area contributed by atoms with Crippen LogP contribution in [0.5, 0.6) is 0 Å². The molecule has 0 fully saturated rings. The van der Waals surface area contributed by atoms with E-state index in [2.05, 4.69) is 4.98 Å². The van der Waals surface area contributed by atoms with Crippen molar-refractivity contribution in [2.75, 3.05) is 6.54 Å². The maximum atomic E-state index is 12.0. The lowest BCUT2D eigenvalue weighted by Gasteiger charge is -2.08. The summed E-state index contributed by atoms with van der Waals surface area (Å²) in [5, 5.41) is 8.79. The molecule has 9 nitrogen and oxygen atoms in total. The van der Waals surface area contributed by atoms with Gasteiger partial charge < -0.3 is 15.4 Å². The molecule has 0 amide bonds. The molecule has 0 bridgehead atoms. The number of aliphatic carboxylic acids is 1. The third-order valence-corrected chi connectivity index (χ3v) is 2.76. The average Bonchev–Trinajstić information content (AvgIpc) is 2.75. The lowest BCUT2D eigenvalue weighted by Crippen LogP contribution is -2.39. The number of hydrogen-bond donors (Lipinski definition) is 2. The highest BCUT2D eigenvalue weighted by Crippen LogP contribution is 2.06. The summed E-state index contributed by atoms with van der Waals surface area (Å²) < 4.78 is 3.37. The molecule has 0 unspecified atom stereocenters. The first-order chi connectivity index (χ1) is 8.97. The molecule has 102 valence electrons. The van der Waals surface area contributed by atoms with E-state index in [0.29, 0.717) is 0 Å². The lowest BCUT2D eigenvalue weighted by atomic mass is 10.4. The van der Waals surface area contributed by atoms with Crippen LogP contribution in [-0.4, -0.2) is 36.3 Å². The van der Waals surface area contributed by atoms with Crippen molar-refractivity contribution in [3.8, 4) is 0 Å². The Kier molecular flexibility index (Phi) is 3.21. The van der Waals surface area contributed by atoms with Crippen LogP contribution in [0.3, 0.4) is 0 Å². The molecule has 0 spiro atoms. The first-order valence-electron chi connectivity index (χ1n) is 5.54. The molecule has 0 atom stereocenters. The standard InChI is InChI=1S/C10H13N5O4/c1-13-9(18)7-8(15(3-2-11)10(13)19)12-5-14(7)4-6(16)17/h5H,2-4,11H2,1H3,(H,16,17). The van der Waals surface area contributed by atoms with Crippen LogP contribution in [-0.2, 0) is 24.9 Å². The van der Waals surface area contributed by atoms with Crippen molar-refractivity contribution in [1.29, 1.82) is 0 Å². The number of aromatic nitrogens is 4. The fourth-order valence-electron chi connectivity index (χ4n) is 1.90. The van der Waals surface area contributed by atoms with Crippen molar-refractivity contribution in [3.05, 3.63) is 27.2 Å². The van der Waals surface area contributed by atoms with Gasteiger partial charge in [0.2, 0.25) is 0 Å². The molecule has 0 saturated heterocycles. The maximum Gasteiger partial charge on any atom is 0.332 e. The van der Waals surface area contributed by atoms with Gasteiger partial charge in [-0.2, -0.15) is 0 Å². The van der Waals surface area contributed by atoms with Gasteiger partial charge in [0.15, 0.2) is 11.2 Å². The van der Waals surface area contributed by atoms with Gasteiger partial charge in [0.25, 0.3) is 5.56 Å². The molecule has 19 heavy (non-hydrogen) atoms. The predicted molar refractivity (Wildman–Crippen MR) is 65.9 cm³/mol. The third-order valence-electron chi connectivity index (χ3n) is 2.76. The number of rotatable bonds is 4. The highest BCUT2D eigenvalue weighted by Gasteiger charge is 2.16. The maximum absolute atomic E-state index is 12.0. The summed E-state index contributed by atoms with van der Waals surface area (Å²) >= 11 is 0. The van der Waals surface area contributed by atoms with Crippen LogP contribution < -0.4 is 17.0 Å². The van der Waals surface area contributed by atoms with Crippen LogP contribution in [0.15, 0.2) is 15.9 Å². The van der Waals surface area contributed by atoms with E-state index in [1.165, 1.54) is 22.5 Å². The average molecular weight is 267 g/mol. The van der Waals surface area contributed by atoms with Gasteiger partial charge in [-0.3, -0.25) is 18.7 Å². The van der Waals surface area contributed by atoms with Crippen LogP contribution in [0.2, 0.25) is 0 Å². The van der Waals surface area contributed by atoms with E-state index in [4.69, 9.17) is 10.8 Å². The summed E-state index contributed by atoms with van der Waals surface area (Å²) in [4.78, 5) is 38.6. The summed E-state index contributed by atoms with van der Waals surface area (Å²) in [6.45, 7) is 0.0130. The van der Waals surface area contributed by atoms with Gasteiger partial charge in [0.05, 0.1) is 6.33 Å². The smallest absolute Gasteiger partial charge is 0.332 e. The Morgan fingerprint density at radius 2 is 2.16 bits per heavy atom. The molecule has 3 N–H and O–H groups in total. The Morgan fingerprint density at radius 3 is 2.74 bits per heavy atom. The van der Waals surface area contributed by atoms with Crippen molar-refractivity contribution < 1.29 is 9.90 Å². The molecule has 2 rings (SSSR count). The minimum Gasteiger partial charge on any atom is -0.480 e. The SMILES string of the molecule is Cn1c(=O)c2c(ncn2CC(=O)O)n(CCN)c1=O. The second-order valence-electron chi connectivity index (χ2n) is 4.03. The molecule has 2 aromatic rings. The Balaban J connectivity index is 2.84. The molecule has 0 radical (unpaired) electrons. The monoisotopic (exact) mass is 267 g/mol. The number of fused-ring (bicyclic) bond motifs is 1. The van der Waals surface area contributed by atoms with Gasteiger partial charge >= 0.3 is 11.7 Å². The minimum absolute atomic E-state index is 0.0814. The zero-order chi connectivity index (χ0) is 14.2. The van der Waals surface area contributed by atoms with E-state index in [0.717, 1.165) is 4.57 Å². The fraction of sp³-hybridized carbons (Fsp3) is 0.400. The molecular weight excluding hydrogens is 254 g/mol. The van der Waals surface area contributed by atoms with E-state index < -0.39 is 23.8 Å². The first kappa shape index (κ1) is 13.0. The number of hydrogen-bond acceptors (Lipinski definition) is 5.